The lowest BCUT2D eigenvalue weighted by atomic mass is 9.70. The number of benzene rings is 1. The van der Waals surface area contributed by atoms with Crippen molar-refractivity contribution < 1.29 is 13.9 Å². The first-order chi connectivity index (χ1) is 14.2. The van der Waals surface area contributed by atoms with E-state index in [0.717, 1.165) is 34.4 Å². The molecule has 2 aromatic heterocycles. The van der Waals surface area contributed by atoms with Crippen molar-refractivity contribution in [2.45, 2.75) is 39.3 Å². The van der Waals surface area contributed by atoms with Crippen LogP contribution >= 0.6 is 15.9 Å². The Morgan fingerprint density at radius 2 is 2.00 bits per heavy atom. The summed E-state index contributed by atoms with van der Waals surface area (Å²) in [5.41, 5.74) is -0.209. The van der Waals surface area contributed by atoms with Crippen LogP contribution in [-0.2, 0) is 11.3 Å². The van der Waals surface area contributed by atoms with Gasteiger partial charge in [0.25, 0.3) is 5.56 Å². The molecule has 0 unspecified atom stereocenters. The van der Waals surface area contributed by atoms with Gasteiger partial charge in [0.05, 0.1) is 23.2 Å². The van der Waals surface area contributed by atoms with E-state index in [4.69, 9.17) is 4.74 Å². The second-order valence-electron chi connectivity index (χ2n) is 8.04. The molecule has 2 heterocycles. The van der Waals surface area contributed by atoms with Crippen LogP contribution in [0.5, 0.6) is 5.88 Å². The molecule has 4 rings (SSSR count). The number of rotatable bonds is 5. The number of amides is 1. The fourth-order valence-electron chi connectivity index (χ4n) is 3.51. The zero-order valence-electron chi connectivity index (χ0n) is 16.4. The van der Waals surface area contributed by atoms with Gasteiger partial charge in [0.2, 0.25) is 17.7 Å². The molecule has 0 radical (unpaired) electrons. The third-order valence-corrected chi connectivity index (χ3v) is 5.39. The predicted molar refractivity (Wildman–Crippen MR) is 112 cm³/mol. The van der Waals surface area contributed by atoms with E-state index in [0.29, 0.717) is 16.7 Å². The second kappa shape index (κ2) is 7.75. The Morgan fingerprint density at radius 1 is 1.30 bits per heavy atom. The molecule has 156 valence electrons. The van der Waals surface area contributed by atoms with E-state index < -0.39 is 17.3 Å². The van der Waals surface area contributed by atoms with E-state index in [9.17, 15) is 14.0 Å². The van der Waals surface area contributed by atoms with E-state index in [-0.39, 0.29) is 24.0 Å². The van der Waals surface area contributed by atoms with Crippen LogP contribution < -0.4 is 15.6 Å². The quantitative estimate of drug-likeness (QED) is 0.607. The van der Waals surface area contributed by atoms with Crippen LogP contribution in [0.2, 0.25) is 0 Å². The van der Waals surface area contributed by atoms with E-state index in [1.54, 1.807) is 18.2 Å². The molecule has 1 amide bonds. The number of hydrogen-bond acceptors (Lipinski definition) is 6. The van der Waals surface area contributed by atoms with Gasteiger partial charge in [-0.05, 0) is 36.5 Å². The monoisotopic (exact) mass is 475 g/mol. The van der Waals surface area contributed by atoms with E-state index in [2.05, 4.69) is 50.2 Å². The molecule has 10 heteroatoms. The van der Waals surface area contributed by atoms with Crippen LogP contribution in [-0.4, -0.2) is 31.8 Å². The molecular weight excluding hydrogens is 457 g/mol. The van der Waals surface area contributed by atoms with Crippen LogP contribution in [0.25, 0.3) is 10.8 Å². The minimum atomic E-state index is -0.618. The number of carbonyl (C=O) groups is 1. The first kappa shape index (κ1) is 20.4. The van der Waals surface area contributed by atoms with Gasteiger partial charge in [-0.3, -0.25) is 14.9 Å². The molecule has 0 atom stereocenters. The summed E-state index contributed by atoms with van der Waals surface area (Å²) in [6.07, 6.45) is 3.64. The molecule has 0 aliphatic heterocycles. The van der Waals surface area contributed by atoms with Crippen LogP contribution in [0.15, 0.2) is 39.9 Å². The second-order valence-corrected chi connectivity index (χ2v) is 8.96. The molecule has 30 heavy (non-hydrogen) atoms. The number of anilines is 1. The van der Waals surface area contributed by atoms with Gasteiger partial charge in [-0.1, -0.05) is 29.8 Å². The predicted octanol–water partition coefficient (Wildman–Crippen LogP) is 3.29. The Hall–Kier alpha value is -2.88. The van der Waals surface area contributed by atoms with Gasteiger partial charge in [0.15, 0.2) is 5.82 Å². The summed E-state index contributed by atoms with van der Waals surface area (Å²) in [6.45, 7) is 3.97. The molecule has 8 nitrogen and oxygen atoms in total. The van der Waals surface area contributed by atoms with Gasteiger partial charge in [-0.2, -0.15) is 0 Å². The fraction of sp³-hybridized carbons (Fsp3) is 0.350. The van der Waals surface area contributed by atoms with Crippen molar-refractivity contribution in [2.75, 3.05) is 5.32 Å². The fourth-order valence-corrected chi connectivity index (χ4v) is 3.87. The average molecular weight is 476 g/mol. The third kappa shape index (κ3) is 4.33. The Morgan fingerprint density at radius 3 is 2.67 bits per heavy atom. The number of nitrogens with one attached hydrogen (secondary N) is 1. The Kier molecular flexibility index (Phi) is 5.27. The van der Waals surface area contributed by atoms with Crippen molar-refractivity contribution in [1.82, 2.24) is 19.7 Å². The number of carbonyl (C=O) groups excluding carboxylic acids is 1. The van der Waals surface area contributed by atoms with Crippen LogP contribution in [0.3, 0.4) is 0 Å². The Balaban J connectivity index is 1.63. The van der Waals surface area contributed by atoms with Gasteiger partial charge in [-0.15, -0.1) is 5.10 Å². The summed E-state index contributed by atoms with van der Waals surface area (Å²) in [5, 5.41) is 7.70. The molecule has 1 aliphatic carbocycles. The Bertz CT molecular complexity index is 1170. The smallest absolute Gasteiger partial charge is 0.275 e. The van der Waals surface area contributed by atoms with Gasteiger partial charge < -0.3 is 4.74 Å². The summed E-state index contributed by atoms with van der Waals surface area (Å²) in [5.74, 6) is -0.944. The lowest BCUT2D eigenvalue weighted by molar-refractivity contribution is -0.117. The molecule has 1 N–H and O–H groups in total. The summed E-state index contributed by atoms with van der Waals surface area (Å²) < 4.78 is 20.8. The van der Waals surface area contributed by atoms with Crippen LogP contribution in [0, 0.1) is 11.2 Å². The number of ether oxygens (including phenoxy) is 1. The number of halogens is 2. The highest BCUT2D eigenvalue weighted by molar-refractivity contribution is 9.10. The Labute approximate surface area is 179 Å². The highest BCUT2D eigenvalue weighted by Gasteiger charge is 2.38. The summed E-state index contributed by atoms with van der Waals surface area (Å²) in [6, 6.07) is 5.19. The third-order valence-electron chi connectivity index (χ3n) is 4.89. The van der Waals surface area contributed by atoms with Crippen molar-refractivity contribution in [3.8, 4) is 5.88 Å². The number of aromatic nitrogens is 4. The highest BCUT2D eigenvalue weighted by Crippen LogP contribution is 2.42. The van der Waals surface area contributed by atoms with Crippen molar-refractivity contribution in [3.63, 3.8) is 0 Å². The van der Waals surface area contributed by atoms with Crippen molar-refractivity contribution in [2.24, 2.45) is 5.41 Å². The lowest BCUT2D eigenvalue weighted by Crippen LogP contribution is -2.40. The maximum atomic E-state index is 12.9. The first-order valence-corrected chi connectivity index (χ1v) is 10.1. The van der Waals surface area contributed by atoms with Gasteiger partial charge >= 0.3 is 0 Å². The minimum absolute atomic E-state index is 0.00192. The van der Waals surface area contributed by atoms with E-state index in [1.165, 1.54) is 0 Å². The SMILES string of the molecule is CC1(C)CC(Oc2nn(CC(=O)Nc3ncc(F)cn3)c(=O)c3ccc(Br)cc23)C1. The molecule has 3 aromatic rings. The normalized spacial score (nSPS) is 15.6. The van der Waals surface area contributed by atoms with Gasteiger partial charge in [-0.25, -0.2) is 19.0 Å². The van der Waals surface area contributed by atoms with E-state index >= 15 is 0 Å². The standard InChI is InChI=1S/C20H19BrFN5O3/c1-20(2)6-13(7-20)30-17-15-5-11(21)3-4-14(15)18(29)27(26-17)10-16(28)25-19-23-8-12(22)9-24-19/h3-5,8-9,13H,6-7,10H2,1-2H3,(H,23,24,25,28). The summed E-state index contributed by atoms with van der Waals surface area (Å²) >= 11 is 3.41. The van der Waals surface area contributed by atoms with Crippen LogP contribution in [0.1, 0.15) is 26.7 Å². The highest BCUT2D eigenvalue weighted by atomic mass is 79.9. The minimum Gasteiger partial charge on any atom is -0.473 e. The molecule has 1 fully saturated rings. The average Bonchev–Trinajstić information content (AvgIpc) is 2.65. The van der Waals surface area contributed by atoms with Crippen molar-refractivity contribution in [1.29, 1.82) is 0 Å². The summed E-state index contributed by atoms with van der Waals surface area (Å²) in [7, 11) is 0. The van der Waals surface area contributed by atoms with Crippen molar-refractivity contribution in [3.05, 3.63) is 51.2 Å². The lowest BCUT2D eigenvalue weighted by Gasteiger charge is -2.41. The molecule has 0 bridgehead atoms. The molecule has 1 saturated carbocycles. The number of fused-ring (bicyclic) bond motifs is 1. The zero-order valence-corrected chi connectivity index (χ0v) is 17.9. The van der Waals surface area contributed by atoms with Crippen LogP contribution in [0.4, 0.5) is 10.3 Å². The van der Waals surface area contributed by atoms with Crippen molar-refractivity contribution >= 4 is 38.6 Å². The molecule has 0 spiro atoms. The summed E-state index contributed by atoms with van der Waals surface area (Å²) in [4.78, 5) is 32.6. The molecule has 0 saturated heterocycles. The topological polar surface area (TPSA) is 99.0 Å². The van der Waals surface area contributed by atoms with E-state index in [1.807, 2.05) is 0 Å². The maximum Gasteiger partial charge on any atom is 0.275 e. The zero-order chi connectivity index (χ0) is 21.5. The molecule has 1 aliphatic rings. The first-order valence-electron chi connectivity index (χ1n) is 9.35. The molecule has 1 aromatic carbocycles. The maximum absolute atomic E-state index is 12.9. The number of hydrogen-bond donors (Lipinski definition) is 1. The van der Waals surface area contributed by atoms with Gasteiger partial charge in [0, 0.05) is 4.47 Å². The van der Waals surface area contributed by atoms with Gasteiger partial charge in [0.1, 0.15) is 12.6 Å². The largest absolute Gasteiger partial charge is 0.473 e. The molecular formula is C20H19BrFN5O3. The number of nitrogens with zero attached hydrogens (tertiary/aromatic N) is 4.